The number of nitrogens with two attached hydrogens (primary N) is 2. The number of ether oxygens (including phenoxy) is 1. The van der Waals surface area contributed by atoms with Gasteiger partial charge in [0.25, 0.3) is 0 Å². The quantitative estimate of drug-likeness (QED) is 0.441. The van der Waals surface area contributed by atoms with Gasteiger partial charge in [-0.3, -0.25) is 19.6 Å². The molecule has 7 nitrogen and oxygen atoms in total. The topological polar surface area (TPSA) is 121 Å². The van der Waals surface area contributed by atoms with E-state index in [0.717, 1.165) is 22.7 Å². The smallest absolute Gasteiger partial charge is 0.233 e. The Kier molecular flexibility index (Phi) is 4.78. The molecule has 33 heavy (non-hydrogen) atoms. The summed E-state index contributed by atoms with van der Waals surface area (Å²) in [5, 5.41) is 0.790. The summed E-state index contributed by atoms with van der Waals surface area (Å²) in [4.78, 5) is 31.8. The molecule has 0 spiro atoms. The zero-order valence-corrected chi connectivity index (χ0v) is 17.4. The van der Waals surface area contributed by atoms with Crippen LogP contribution >= 0.6 is 0 Å². The Morgan fingerprint density at radius 2 is 1.73 bits per heavy atom. The number of primary amides is 2. The van der Waals surface area contributed by atoms with Crippen LogP contribution in [-0.2, 0) is 9.59 Å². The summed E-state index contributed by atoms with van der Waals surface area (Å²) in [5.74, 6) is -0.940. The van der Waals surface area contributed by atoms with Crippen molar-refractivity contribution in [3.63, 3.8) is 0 Å². The third-order valence-electron chi connectivity index (χ3n) is 6.09. The van der Waals surface area contributed by atoms with Crippen molar-refractivity contribution in [1.82, 2.24) is 9.97 Å². The van der Waals surface area contributed by atoms with Gasteiger partial charge in [0.1, 0.15) is 22.7 Å². The van der Waals surface area contributed by atoms with Gasteiger partial charge in [-0.25, -0.2) is 4.39 Å². The third kappa shape index (κ3) is 3.55. The van der Waals surface area contributed by atoms with Crippen molar-refractivity contribution in [2.24, 2.45) is 16.9 Å². The van der Waals surface area contributed by atoms with Crippen LogP contribution in [0.1, 0.15) is 17.9 Å². The van der Waals surface area contributed by atoms with E-state index < -0.39 is 23.0 Å². The lowest BCUT2D eigenvalue weighted by Gasteiger charge is -2.11. The Bertz CT molecular complexity index is 1390. The van der Waals surface area contributed by atoms with Crippen molar-refractivity contribution in [3.05, 3.63) is 84.6 Å². The summed E-state index contributed by atoms with van der Waals surface area (Å²) in [6.07, 6.45) is 4.70. The van der Waals surface area contributed by atoms with E-state index in [9.17, 15) is 14.0 Å². The van der Waals surface area contributed by atoms with Crippen LogP contribution in [0, 0.1) is 11.2 Å². The average molecular weight is 442 g/mol. The predicted octanol–water partition coefficient (Wildman–Crippen LogP) is 3.67. The number of rotatable bonds is 6. The van der Waals surface area contributed by atoms with Crippen molar-refractivity contribution in [2.45, 2.75) is 12.3 Å². The van der Waals surface area contributed by atoms with E-state index in [1.807, 2.05) is 18.2 Å². The molecule has 2 aromatic carbocycles. The molecular formula is C25H19FN4O3. The first-order valence-electron chi connectivity index (χ1n) is 10.3. The van der Waals surface area contributed by atoms with Gasteiger partial charge in [0.2, 0.25) is 11.8 Å². The Morgan fingerprint density at radius 1 is 0.970 bits per heavy atom. The summed E-state index contributed by atoms with van der Waals surface area (Å²) < 4.78 is 19.6. The monoisotopic (exact) mass is 442 g/mol. The fourth-order valence-electron chi connectivity index (χ4n) is 4.19. The van der Waals surface area contributed by atoms with Crippen molar-refractivity contribution in [2.75, 3.05) is 0 Å². The summed E-state index contributed by atoms with van der Waals surface area (Å²) in [6.45, 7) is 0. The van der Waals surface area contributed by atoms with Gasteiger partial charge in [-0.1, -0.05) is 18.2 Å². The lowest BCUT2D eigenvalue weighted by atomic mass is 9.97. The SMILES string of the molecule is NC(=O)C1(C(N)=O)CC1c1ccc(Oc2ccnc3cc(-c4cncc(F)c4)ccc23)cc1. The third-order valence-corrected chi connectivity index (χ3v) is 6.09. The molecule has 1 aliphatic carbocycles. The van der Waals surface area contributed by atoms with Crippen LogP contribution in [0.2, 0.25) is 0 Å². The van der Waals surface area contributed by atoms with Crippen LogP contribution in [0.15, 0.2) is 73.2 Å². The maximum Gasteiger partial charge on any atom is 0.233 e. The van der Waals surface area contributed by atoms with Gasteiger partial charge in [0.05, 0.1) is 11.7 Å². The van der Waals surface area contributed by atoms with Crippen LogP contribution in [0.5, 0.6) is 11.5 Å². The second-order valence-corrected chi connectivity index (χ2v) is 8.06. The second kappa shape index (κ2) is 7.67. The van der Waals surface area contributed by atoms with Gasteiger partial charge < -0.3 is 16.2 Å². The van der Waals surface area contributed by atoms with Gasteiger partial charge in [0.15, 0.2) is 0 Å². The first-order chi connectivity index (χ1) is 15.9. The number of benzene rings is 2. The molecule has 5 rings (SSSR count). The Balaban J connectivity index is 1.39. The summed E-state index contributed by atoms with van der Waals surface area (Å²) in [5.41, 5.74) is 12.4. The molecule has 0 bridgehead atoms. The summed E-state index contributed by atoms with van der Waals surface area (Å²) >= 11 is 0. The van der Waals surface area contributed by atoms with Gasteiger partial charge >= 0.3 is 0 Å². The van der Waals surface area contributed by atoms with Gasteiger partial charge in [-0.15, -0.1) is 0 Å². The molecule has 1 saturated carbocycles. The maximum atomic E-state index is 13.5. The fraction of sp³-hybridized carbons (Fsp3) is 0.120. The lowest BCUT2D eigenvalue weighted by Crippen LogP contribution is -2.38. The minimum absolute atomic E-state index is 0.316. The molecule has 1 atom stereocenters. The molecule has 2 aromatic heterocycles. The number of carbonyl (C=O) groups excluding carboxylic acids is 2. The van der Waals surface area contributed by atoms with Gasteiger partial charge in [0, 0.05) is 29.3 Å². The van der Waals surface area contributed by atoms with Gasteiger partial charge in [-0.2, -0.15) is 0 Å². The number of hydrogen-bond acceptors (Lipinski definition) is 5. The van der Waals surface area contributed by atoms with Crippen molar-refractivity contribution in [3.8, 4) is 22.6 Å². The molecule has 164 valence electrons. The number of nitrogens with zero attached hydrogens (tertiary/aromatic N) is 2. The molecule has 1 aliphatic rings. The van der Waals surface area contributed by atoms with Crippen molar-refractivity contribution in [1.29, 1.82) is 0 Å². The Labute approximate surface area is 188 Å². The van der Waals surface area contributed by atoms with Crippen LogP contribution in [-0.4, -0.2) is 21.8 Å². The van der Waals surface area contributed by atoms with Crippen LogP contribution in [0.25, 0.3) is 22.0 Å². The zero-order chi connectivity index (χ0) is 23.2. The molecule has 1 fully saturated rings. The Morgan fingerprint density at radius 3 is 2.39 bits per heavy atom. The van der Waals surface area contributed by atoms with Crippen LogP contribution in [0.3, 0.4) is 0 Å². The highest BCUT2D eigenvalue weighted by molar-refractivity contribution is 6.08. The number of amides is 2. The minimum Gasteiger partial charge on any atom is -0.457 e. The molecule has 1 unspecified atom stereocenters. The summed E-state index contributed by atoms with van der Waals surface area (Å²) in [6, 6.07) is 15.9. The van der Waals surface area contributed by atoms with Crippen molar-refractivity contribution >= 4 is 22.7 Å². The molecule has 8 heteroatoms. The predicted molar refractivity (Wildman–Crippen MR) is 120 cm³/mol. The molecular weight excluding hydrogens is 423 g/mol. The molecule has 2 amide bonds. The first-order valence-corrected chi connectivity index (χ1v) is 10.3. The van der Waals surface area contributed by atoms with E-state index in [-0.39, 0.29) is 5.92 Å². The van der Waals surface area contributed by atoms with E-state index in [4.69, 9.17) is 16.2 Å². The van der Waals surface area contributed by atoms with E-state index in [1.165, 1.54) is 6.07 Å². The second-order valence-electron chi connectivity index (χ2n) is 8.06. The lowest BCUT2D eigenvalue weighted by molar-refractivity contribution is -0.133. The van der Waals surface area contributed by atoms with E-state index in [2.05, 4.69) is 9.97 Å². The largest absolute Gasteiger partial charge is 0.457 e. The fourth-order valence-corrected chi connectivity index (χ4v) is 4.19. The standard InChI is InChI=1S/C25H19FN4O3/c26-17-9-16(12-29-13-17)15-3-6-19-21(10-15)30-8-7-22(19)33-18-4-1-14(2-5-18)20-11-25(20,23(27)31)24(28)32/h1-10,12-13,20H,11H2,(H2,27,31)(H2,28,32). The molecule has 4 aromatic rings. The molecule has 0 radical (unpaired) electrons. The number of hydrogen-bond donors (Lipinski definition) is 2. The minimum atomic E-state index is -1.31. The number of pyridine rings is 2. The number of fused-ring (bicyclic) bond motifs is 1. The molecule has 4 N–H and O–H groups in total. The first kappa shape index (κ1) is 20.6. The molecule has 0 aliphatic heterocycles. The Hall–Kier alpha value is -4.33. The highest BCUT2D eigenvalue weighted by Gasteiger charge is 2.64. The maximum absolute atomic E-state index is 13.5. The van der Waals surface area contributed by atoms with Crippen LogP contribution < -0.4 is 16.2 Å². The van der Waals surface area contributed by atoms with Crippen LogP contribution in [0.4, 0.5) is 4.39 Å². The highest BCUT2D eigenvalue weighted by atomic mass is 19.1. The molecule has 0 saturated heterocycles. The molecule has 2 heterocycles. The van der Waals surface area contributed by atoms with E-state index in [1.54, 1.807) is 42.7 Å². The average Bonchev–Trinajstić information content (AvgIpc) is 3.57. The van der Waals surface area contributed by atoms with E-state index in [0.29, 0.717) is 29.0 Å². The van der Waals surface area contributed by atoms with Crippen molar-refractivity contribution < 1.29 is 18.7 Å². The summed E-state index contributed by atoms with van der Waals surface area (Å²) in [7, 11) is 0. The number of halogens is 1. The number of aromatic nitrogens is 2. The number of carbonyl (C=O) groups is 2. The van der Waals surface area contributed by atoms with E-state index >= 15 is 0 Å². The zero-order valence-electron chi connectivity index (χ0n) is 17.4. The highest BCUT2D eigenvalue weighted by Crippen LogP contribution is 2.59. The normalized spacial score (nSPS) is 16.3. The van der Waals surface area contributed by atoms with Gasteiger partial charge in [-0.05, 0) is 53.9 Å².